The van der Waals surface area contributed by atoms with Crippen molar-refractivity contribution in [2.45, 2.75) is 13.0 Å². The lowest BCUT2D eigenvalue weighted by Crippen LogP contribution is -2.59. The summed E-state index contributed by atoms with van der Waals surface area (Å²) in [6.45, 7) is 3.52. The number of amides is 2. The maximum atomic E-state index is 13.1. The number of fused-ring (bicyclic) bond motifs is 1. The third-order valence-corrected chi connectivity index (χ3v) is 4.54. The Bertz CT molecular complexity index is 783. The van der Waals surface area contributed by atoms with Gasteiger partial charge in [0.2, 0.25) is 5.91 Å². The molecule has 24 heavy (non-hydrogen) atoms. The van der Waals surface area contributed by atoms with E-state index in [1.54, 1.807) is 19.1 Å². The summed E-state index contributed by atoms with van der Waals surface area (Å²) >= 11 is 0. The van der Waals surface area contributed by atoms with Crippen molar-refractivity contribution < 1.29 is 14.3 Å². The predicted molar refractivity (Wildman–Crippen MR) is 91.3 cm³/mol. The van der Waals surface area contributed by atoms with Gasteiger partial charge in [0.25, 0.3) is 5.91 Å². The number of nitrogens with one attached hydrogen (secondary N) is 3. The molecule has 0 spiro atoms. The van der Waals surface area contributed by atoms with E-state index >= 15 is 0 Å². The Morgan fingerprint density at radius 2 is 2.17 bits per heavy atom. The van der Waals surface area contributed by atoms with Gasteiger partial charge in [0, 0.05) is 32.1 Å². The highest BCUT2D eigenvalue weighted by molar-refractivity contribution is 6.03. The van der Waals surface area contributed by atoms with Crippen molar-refractivity contribution in [3.63, 3.8) is 0 Å². The van der Waals surface area contributed by atoms with Gasteiger partial charge in [0.15, 0.2) is 0 Å². The van der Waals surface area contributed by atoms with Gasteiger partial charge in [-0.05, 0) is 18.6 Å². The van der Waals surface area contributed by atoms with Crippen LogP contribution in [0, 0.1) is 6.92 Å². The first-order valence-corrected chi connectivity index (χ1v) is 7.97. The average Bonchev–Trinajstić information content (AvgIpc) is 2.97. The van der Waals surface area contributed by atoms with E-state index in [0.717, 1.165) is 16.5 Å². The van der Waals surface area contributed by atoms with E-state index in [2.05, 4.69) is 15.6 Å². The molecule has 0 aliphatic carbocycles. The molecule has 1 saturated heterocycles. The molecule has 0 bridgehead atoms. The van der Waals surface area contributed by atoms with Crippen LogP contribution in [0.2, 0.25) is 0 Å². The highest BCUT2D eigenvalue weighted by Crippen LogP contribution is 2.30. The Labute approximate surface area is 140 Å². The van der Waals surface area contributed by atoms with E-state index in [1.807, 2.05) is 25.1 Å². The summed E-state index contributed by atoms with van der Waals surface area (Å²) in [5.41, 5.74) is 2.17. The van der Waals surface area contributed by atoms with Crippen LogP contribution in [0.15, 0.2) is 18.2 Å². The van der Waals surface area contributed by atoms with Crippen molar-refractivity contribution >= 4 is 22.7 Å². The molecular weight excluding hydrogens is 308 g/mol. The summed E-state index contributed by atoms with van der Waals surface area (Å²) in [7, 11) is 3.18. The largest absolute Gasteiger partial charge is 0.495 e. The number of carbonyl (C=O) groups is 2. The summed E-state index contributed by atoms with van der Waals surface area (Å²) in [5, 5.41) is 6.74. The van der Waals surface area contributed by atoms with Crippen LogP contribution in [-0.2, 0) is 4.79 Å². The molecule has 2 heterocycles. The number of aryl methyl sites for hydroxylation is 1. The first kappa shape index (κ1) is 16.3. The highest BCUT2D eigenvalue weighted by atomic mass is 16.5. The summed E-state index contributed by atoms with van der Waals surface area (Å²) < 4.78 is 5.37. The van der Waals surface area contributed by atoms with Gasteiger partial charge in [-0.3, -0.25) is 9.59 Å². The quantitative estimate of drug-likeness (QED) is 0.771. The molecule has 3 rings (SSSR count). The second-order valence-electron chi connectivity index (χ2n) is 5.84. The van der Waals surface area contributed by atoms with Crippen LogP contribution in [0.25, 0.3) is 10.9 Å². The van der Waals surface area contributed by atoms with Gasteiger partial charge in [0.05, 0.1) is 12.6 Å². The Balaban J connectivity index is 2.01. The van der Waals surface area contributed by atoms with Crippen molar-refractivity contribution in [3.8, 4) is 5.75 Å². The number of carbonyl (C=O) groups excluding carboxylic acids is 2. The van der Waals surface area contributed by atoms with Gasteiger partial charge in [-0.25, -0.2) is 0 Å². The minimum atomic E-state index is -0.510. The van der Waals surface area contributed by atoms with Crippen molar-refractivity contribution in [3.05, 3.63) is 29.5 Å². The van der Waals surface area contributed by atoms with Crippen LogP contribution in [0.4, 0.5) is 0 Å². The standard InChI is InChI=1S/C17H22N4O3/c1-10-11-5-4-6-13(24-3)15(11)20-14(10)17(23)21-8-7-19-9-12(21)16(22)18-2/h4-6,12,19-20H,7-9H2,1-3H3,(H,18,22). The molecule has 1 unspecified atom stereocenters. The molecule has 0 saturated carbocycles. The topological polar surface area (TPSA) is 86.5 Å². The zero-order valence-electron chi connectivity index (χ0n) is 14.1. The zero-order chi connectivity index (χ0) is 17.3. The lowest BCUT2D eigenvalue weighted by Gasteiger charge is -2.34. The number of likely N-dealkylation sites (N-methyl/N-ethyl adjacent to an activating group) is 1. The van der Waals surface area contributed by atoms with Crippen LogP contribution in [0.5, 0.6) is 5.75 Å². The van der Waals surface area contributed by atoms with Crippen molar-refractivity contribution in [1.82, 2.24) is 20.5 Å². The molecular formula is C17H22N4O3. The smallest absolute Gasteiger partial charge is 0.271 e. The number of hydrogen-bond donors (Lipinski definition) is 3. The van der Waals surface area contributed by atoms with Crippen LogP contribution in [0.1, 0.15) is 16.1 Å². The Hall–Kier alpha value is -2.54. The predicted octanol–water partition coefficient (Wildman–Crippen LogP) is 0.645. The Kier molecular flexibility index (Phi) is 4.44. The second-order valence-corrected chi connectivity index (χ2v) is 5.84. The molecule has 7 heteroatoms. The van der Waals surface area contributed by atoms with Gasteiger partial charge in [-0.1, -0.05) is 12.1 Å². The summed E-state index contributed by atoms with van der Waals surface area (Å²) in [5.74, 6) is 0.362. The second kappa shape index (κ2) is 6.52. The fourth-order valence-corrected chi connectivity index (χ4v) is 3.20. The van der Waals surface area contributed by atoms with Crippen LogP contribution >= 0.6 is 0 Å². The molecule has 1 aliphatic heterocycles. The molecule has 128 valence electrons. The summed E-state index contributed by atoms with van der Waals surface area (Å²) in [4.78, 5) is 30.0. The van der Waals surface area contributed by atoms with E-state index in [1.165, 1.54) is 0 Å². The van der Waals surface area contributed by atoms with Gasteiger partial charge >= 0.3 is 0 Å². The monoisotopic (exact) mass is 330 g/mol. The van der Waals surface area contributed by atoms with Gasteiger partial charge in [-0.15, -0.1) is 0 Å². The fraction of sp³-hybridized carbons (Fsp3) is 0.412. The summed E-state index contributed by atoms with van der Waals surface area (Å²) in [6.07, 6.45) is 0. The van der Waals surface area contributed by atoms with Crippen LogP contribution in [-0.4, -0.2) is 61.5 Å². The molecule has 1 atom stereocenters. The van der Waals surface area contributed by atoms with Crippen LogP contribution in [0.3, 0.4) is 0 Å². The number of nitrogens with zero attached hydrogens (tertiary/aromatic N) is 1. The number of methoxy groups -OCH3 is 1. The Morgan fingerprint density at radius 3 is 2.88 bits per heavy atom. The lowest BCUT2D eigenvalue weighted by molar-refractivity contribution is -0.125. The Morgan fingerprint density at radius 1 is 1.38 bits per heavy atom. The first-order chi connectivity index (χ1) is 11.6. The van der Waals surface area contributed by atoms with E-state index in [-0.39, 0.29) is 11.8 Å². The number of aromatic amines is 1. The number of benzene rings is 1. The molecule has 7 nitrogen and oxygen atoms in total. The van der Waals surface area contributed by atoms with Crippen molar-refractivity contribution in [2.24, 2.45) is 0 Å². The number of rotatable bonds is 3. The maximum absolute atomic E-state index is 13.1. The fourth-order valence-electron chi connectivity index (χ4n) is 3.20. The minimum absolute atomic E-state index is 0.165. The molecule has 1 aromatic carbocycles. The third kappa shape index (κ3) is 2.60. The number of para-hydroxylation sites is 1. The van der Waals surface area contributed by atoms with E-state index < -0.39 is 6.04 Å². The zero-order valence-corrected chi connectivity index (χ0v) is 14.1. The van der Waals surface area contributed by atoms with E-state index in [0.29, 0.717) is 31.1 Å². The van der Waals surface area contributed by atoms with Crippen molar-refractivity contribution in [1.29, 1.82) is 0 Å². The number of aromatic nitrogens is 1. The average molecular weight is 330 g/mol. The number of piperazine rings is 1. The lowest BCUT2D eigenvalue weighted by atomic mass is 10.1. The highest BCUT2D eigenvalue weighted by Gasteiger charge is 2.33. The third-order valence-electron chi connectivity index (χ3n) is 4.54. The van der Waals surface area contributed by atoms with E-state index in [9.17, 15) is 9.59 Å². The minimum Gasteiger partial charge on any atom is -0.495 e. The normalized spacial score (nSPS) is 17.8. The SMILES string of the molecule is CNC(=O)C1CNCCN1C(=O)c1[nH]c2c(OC)cccc2c1C. The molecule has 2 amide bonds. The molecule has 2 aromatic rings. The van der Waals surface area contributed by atoms with Crippen LogP contribution < -0.4 is 15.4 Å². The van der Waals surface area contributed by atoms with Gasteiger partial charge < -0.3 is 25.3 Å². The van der Waals surface area contributed by atoms with Gasteiger partial charge in [-0.2, -0.15) is 0 Å². The number of H-pyrrole nitrogens is 1. The molecule has 0 radical (unpaired) electrons. The molecule has 3 N–H and O–H groups in total. The first-order valence-electron chi connectivity index (χ1n) is 7.97. The van der Waals surface area contributed by atoms with Gasteiger partial charge in [0.1, 0.15) is 17.5 Å². The maximum Gasteiger partial charge on any atom is 0.271 e. The number of hydrogen-bond acceptors (Lipinski definition) is 4. The number of ether oxygens (including phenoxy) is 1. The molecule has 1 fully saturated rings. The molecule has 1 aromatic heterocycles. The summed E-state index contributed by atoms with van der Waals surface area (Å²) in [6, 6.07) is 5.19. The van der Waals surface area contributed by atoms with Crippen molar-refractivity contribution in [2.75, 3.05) is 33.8 Å². The molecule has 1 aliphatic rings. The van der Waals surface area contributed by atoms with E-state index in [4.69, 9.17) is 4.74 Å².